The molecule has 1 amide bonds. The Balaban J connectivity index is 1.46. The second-order valence-corrected chi connectivity index (χ2v) is 9.09. The van der Waals surface area contributed by atoms with Gasteiger partial charge in [-0.05, 0) is 45.2 Å². The van der Waals surface area contributed by atoms with Crippen LogP contribution in [0.1, 0.15) is 66.7 Å². The van der Waals surface area contributed by atoms with Gasteiger partial charge in [0.15, 0.2) is 0 Å². The molecule has 0 spiro atoms. The van der Waals surface area contributed by atoms with Crippen LogP contribution in [0.3, 0.4) is 0 Å². The van der Waals surface area contributed by atoms with Crippen molar-refractivity contribution in [2.75, 3.05) is 13.1 Å². The molecule has 2 aliphatic heterocycles. The van der Waals surface area contributed by atoms with Crippen LogP contribution in [-0.4, -0.2) is 49.8 Å². The number of hydrogen-bond donors (Lipinski definition) is 1. The molecular formula is C25H29N5O2. The third-order valence-electron chi connectivity index (χ3n) is 6.74. The molecule has 1 fully saturated rings. The molecule has 3 aromatic rings. The van der Waals surface area contributed by atoms with Crippen LogP contribution in [0.4, 0.5) is 0 Å². The molecule has 1 aromatic carbocycles. The minimum absolute atomic E-state index is 0.0721. The van der Waals surface area contributed by atoms with E-state index in [2.05, 4.69) is 28.7 Å². The quantitative estimate of drug-likeness (QED) is 0.687. The van der Waals surface area contributed by atoms with Gasteiger partial charge in [0.2, 0.25) is 0 Å². The van der Waals surface area contributed by atoms with Gasteiger partial charge in [-0.3, -0.25) is 14.5 Å². The molecule has 0 bridgehead atoms. The van der Waals surface area contributed by atoms with Crippen molar-refractivity contribution in [3.63, 3.8) is 0 Å². The zero-order valence-electron chi connectivity index (χ0n) is 18.7. The Morgan fingerprint density at radius 2 is 1.94 bits per heavy atom. The summed E-state index contributed by atoms with van der Waals surface area (Å²) in [7, 11) is 0. The van der Waals surface area contributed by atoms with E-state index in [1.807, 2.05) is 35.2 Å². The number of likely N-dealkylation sites (tertiary alicyclic amines) is 1. The van der Waals surface area contributed by atoms with E-state index in [9.17, 15) is 9.59 Å². The van der Waals surface area contributed by atoms with Gasteiger partial charge in [0.1, 0.15) is 11.5 Å². The first-order valence-corrected chi connectivity index (χ1v) is 11.5. The Morgan fingerprint density at radius 3 is 2.78 bits per heavy atom. The van der Waals surface area contributed by atoms with E-state index in [0.717, 1.165) is 54.4 Å². The molecule has 4 heterocycles. The number of pyridine rings is 1. The molecule has 0 radical (unpaired) electrons. The van der Waals surface area contributed by atoms with Gasteiger partial charge in [-0.1, -0.05) is 24.3 Å². The van der Waals surface area contributed by atoms with Crippen LogP contribution in [0.2, 0.25) is 0 Å². The van der Waals surface area contributed by atoms with Gasteiger partial charge in [0.25, 0.3) is 11.5 Å². The van der Waals surface area contributed by atoms with E-state index in [4.69, 9.17) is 4.98 Å². The summed E-state index contributed by atoms with van der Waals surface area (Å²) in [6.45, 7) is 6.46. The molecule has 2 aliphatic rings. The van der Waals surface area contributed by atoms with Gasteiger partial charge in [-0.25, -0.2) is 9.97 Å². The van der Waals surface area contributed by atoms with Gasteiger partial charge >= 0.3 is 0 Å². The van der Waals surface area contributed by atoms with Crippen LogP contribution in [0.15, 0.2) is 41.2 Å². The van der Waals surface area contributed by atoms with Crippen LogP contribution in [0, 0.1) is 0 Å². The van der Waals surface area contributed by atoms with Crippen molar-refractivity contribution in [3.05, 3.63) is 69.5 Å². The molecule has 7 heteroatoms. The molecule has 2 aromatic heterocycles. The number of fused-ring (bicyclic) bond motifs is 2. The van der Waals surface area contributed by atoms with Crippen molar-refractivity contribution in [2.24, 2.45) is 0 Å². The number of carbonyl (C=O) groups is 1. The highest BCUT2D eigenvalue weighted by Gasteiger charge is 2.32. The zero-order chi connectivity index (χ0) is 22.2. The van der Waals surface area contributed by atoms with Gasteiger partial charge in [-0.2, -0.15) is 0 Å². The number of rotatable bonds is 3. The van der Waals surface area contributed by atoms with Gasteiger partial charge < -0.3 is 9.88 Å². The molecule has 5 rings (SSSR count). The van der Waals surface area contributed by atoms with E-state index in [1.165, 1.54) is 0 Å². The van der Waals surface area contributed by atoms with E-state index in [1.54, 1.807) is 6.07 Å². The summed E-state index contributed by atoms with van der Waals surface area (Å²) < 4.78 is 0. The molecule has 7 nitrogen and oxygen atoms in total. The van der Waals surface area contributed by atoms with Crippen molar-refractivity contribution in [1.82, 2.24) is 24.8 Å². The minimum Gasteiger partial charge on any atom is -0.327 e. The van der Waals surface area contributed by atoms with Crippen LogP contribution in [0.5, 0.6) is 0 Å². The van der Waals surface area contributed by atoms with Crippen molar-refractivity contribution in [1.29, 1.82) is 0 Å². The highest BCUT2D eigenvalue weighted by atomic mass is 16.2. The molecule has 1 unspecified atom stereocenters. The Hall–Kier alpha value is -3.06. The first-order chi connectivity index (χ1) is 15.5. The van der Waals surface area contributed by atoms with Crippen LogP contribution < -0.4 is 5.56 Å². The Kier molecular flexibility index (Phi) is 5.51. The predicted molar refractivity (Wildman–Crippen MR) is 123 cm³/mol. The monoisotopic (exact) mass is 431 g/mol. The summed E-state index contributed by atoms with van der Waals surface area (Å²) in [5.41, 5.74) is 2.81. The summed E-state index contributed by atoms with van der Waals surface area (Å²) in [4.78, 5) is 43.0. The lowest BCUT2D eigenvalue weighted by molar-refractivity contribution is 0.0593. The molecule has 166 valence electrons. The number of aromatic nitrogens is 3. The number of benzene rings is 1. The lowest BCUT2D eigenvalue weighted by Gasteiger charge is -2.36. The number of para-hydroxylation sites is 1. The van der Waals surface area contributed by atoms with E-state index in [0.29, 0.717) is 30.6 Å². The lowest BCUT2D eigenvalue weighted by atomic mass is 9.99. The second kappa shape index (κ2) is 8.47. The number of carbonyl (C=O) groups excluding carboxylic acids is 1. The smallest absolute Gasteiger partial charge is 0.273 e. The summed E-state index contributed by atoms with van der Waals surface area (Å²) in [6, 6.07) is 11.7. The second-order valence-electron chi connectivity index (χ2n) is 9.09. The first kappa shape index (κ1) is 20.8. The molecule has 1 saturated heterocycles. The Bertz CT molecular complexity index is 1220. The maximum atomic E-state index is 13.5. The number of nitrogens with one attached hydrogen (secondary N) is 1. The van der Waals surface area contributed by atoms with Crippen LogP contribution in [-0.2, 0) is 13.0 Å². The maximum absolute atomic E-state index is 13.5. The number of nitrogens with zero attached hydrogens (tertiary/aromatic N) is 4. The van der Waals surface area contributed by atoms with E-state index < -0.39 is 0 Å². The normalized spacial score (nSPS) is 19.3. The summed E-state index contributed by atoms with van der Waals surface area (Å²) in [5.74, 6) is 0.507. The van der Waals surface area contributed by atoms with Crippen molar-refractivity contribution >= 4 is 16.8 Å². The molecule has 1 atom stereocenters. The highest BCUT2D eigenvalue weighted by molar-refractivity contribution is 5.95. The minimum atomic E-state index is -0.231. The fourth-order valence-electron chi connectivity index (χ4n) is 4.85. The molecule has 1 N–H and O–H groups in total. The SMILES string of the molecule is CC(C)N1CCc2nc(C3CCCCN3C(=O)c3ccc4ccccc4n3)[nH]c(=O)c2C1. The van der Waals surface area contributed by atoms with Crippen LogP contribution in [0.25, 0.3) is 10.9 Å². The van der Waals surface area contributed by atoms with Gasteiger partial charge in [0.05, 0.1) is 22.8 Å². The zero-order valence-corrected chi connectivity index (χ0v) is 18.7. The van der Waals surface area contributed by atoms with Gasteiger partial charge in [0, 0.05) is 37.5 Å². The number of amides is 1. The predicted octanol–water partition coefficient (Wildman–Crippen LogP) is 3.45. The van der Waals surface area contributed by atoms with Crippen molar-refractivity contribution < 1.29 is 4.79 Å². The maximum Gasteiger partial charge on any atom is 0.273 e. The molecule has 0 aliphatic carbocycles. The largest absolute Gasteiger partial charge is 0.327 e. The molecular weight excluding hydrogens is 402 g/mol. The lowest BCUT2D eigenvalue weighted by Crippen LogP contribution is -2.42. The topological polar surface area (TPSA) is 82.2 Å². The fourth-order valence-corrected chi connectivity index (χ4v) is 4.85. The fraction of sp³-hybridized carbons (Fsp3) is 0.440. The highest BCUT2D eigenvalue weighted by Crippen LogP contribution is 2.31. The summed E-state index contributed by atoms with van der Waals surface area (Å²) in [6.07, 6.45) is 3.49. The van der Waals surface area contributed by atoms with Crippen molar-refractivity contribution in [2.45, 2.75) is 58.2 Å². The van der Waals surface area contributed by atoms with E-state index in [-0.39, 0.29) is 17.5 Å². The Morgan fingerprint density at radius 1 is 1.09 bits per heavy atom. The third kappa shape index (κ3) is 3.81. The number of H-pyrrole nitrogens is 1. The standard InChI is InChI=1S/C25H29N5O2/c1-16(2)29-14-12-20-18(15-29)24(31)28-23(27-20)22-9-5-6-13-30(22)25(32)21-11-10-17-7-3-4-8-19(17)26-21/h3-4,7-8,10-11,16,22H,5-6,9,12-15H2,1-2H3,(H,27,28,31). The third-order valence-corrected chi connectivity index (χ3v) is 6.74. The number of piperidine rings is 1. The summed E-state index contributed by atoms with van der Waals surface area (Å²) >= 11 is 0. The first-order valence-electron chi connectivity index (χ1n) is 11.5. The Labute approximate surface area is 187 Å². The average Bonchev–Trinajstić information content (AvgIpc) is 2.83. The number of hydrogen-bond acceptors (Lipinski definition) is 5. The van der Waals surface area contributed by atoms with Crippen LogP contribution >= 0.6 is 0 Å². The van der Waals surface area contributed by atoms with Gasteiger partial charge in [-0.15, -0.1) is 0 Å². The molecule has 0 saturated carbocycles. The number of aromatic amines is 1. The summed E-state index contributed by atoms with van der Waals surface area (Å²) in [5, 5.41) is 1.01. The average molecular weight is 432 g/mol. The molecule has 32 heavy (non-hydrogen) atoms. The van der Waals surface area contributed by atoms with Crippen molar-refractivity contribution in [3.8, 4) is 0 Å². The van der Waals surface area contributed by atoms with E-state index >= 15 is 0 Å².